The van der Waals surface area contributed by atoms with Crippen LogP contribution in [0.1, 0.15) is 22.8 Å². The number of halogens is 2. The van der Waals surface area contributed by atoms with E-state index in [1.165, 1.54) is 0 Å². The lowest BCUT2D eigenvalue weighted by Crippen LogP contribution is -2.00. The van der Waals surface area contributed by atoms with Gasteiger partial charge in [-0.1, -0.05) is 57.9 Å². The number of hydrogen-bond donors (Lipinski definition) is 1. The van der Waals surface area contributed by atoms with E-state index >= 15 is 0 Å². The third-order valence-electron chi connectivity index (χ3n) is 2.71. The van der Waals surface area contributed by atoms with Crippen LogP contribution in [0.5, 0.6) is 0 Å². The molecule has 0 fully saturated rings. The van der Waals surface area contributed by atoms with Crippen LogP contribution in [-0.4, -0.2) is 5.11 Å². The quantitative estimate of drug-likeness (QED) is 0.866. The summed E-state index contributed by atoms with van der Waals surface area (Å²) < 4.78 is 0.893. The van der Waals surface area contributed by atoms with Crippen molar-refractivity contribution >= 4 is 27.5 Å². The van der Waals surface area contributed by atoms with Crippen LogP contribution in [-0.2, 0) is 0 Å². The number of aryl methyl sites for hydroxylation is 1. The highest BCUT2D eigenvalue weighted by molar-refractivity contribution is 9.10. The first-order valence-electron chi connectivity index (χ1n) is 5.28. The van der Waals surface area contributed by atoms with Gasteiger partial charge in [0, 0.05) is 9.50 Å². The Morgan fingerprint density at radius 3 is 2.53 bits per heavy atom. The van der Waals surface area contributed by atoms with Gasteiger partial charge in [0.1, 0.15) is 6.10 Å². The molecule has 88 valence electrons. The zero-order chi connectivity index (χ0) is 12.4. The molecule has 1 nitrogen and oxygen atoms in total. The predicted octanol–water partition coefficient (Wildman–Crippen LogP) is 4.49. The highest BCUT2D eigenvalue weighted by atomic mass is 79.9. The average Bonchev–Trinajstić information content (AvgIpc) is 2.32. The third kappa shape index (κ3) is 2.71. The van der Waals surface area contributed by atoms with Gasteiger partial charge in [0.25, 0.3) is 0 Å². The zero-order valence-corrected chi connectivity index (χ0v) is 11.7. The van der Waals surface area contributed by atoms with E-state index in [-0.39, 0.29) is 0 Å². The summed E-state index contributed by atoms with van der Waals surface area (Å²) in [5.41, 5.74) is 2.65. The fourth-order valence-electron chi connectivity index (χ4n) is 1.66. The SMILES string of the molecule is Cc1ccc(C(O)c2ccccc2Br)cc1Cl. The van der Waals surface area contributed by atoms with Crippen LogP contribution in [0.4, 0.5) is 0 Å². The highest BCUT2D eigenvalue weighted by Crippen LogP contribution is 2.30. The van der Waals surface area contributed by atoms with Crippen molar-refractivity contribution in [2.45, 2.75) is 13.0 Å². The van der Waals surface area contributed by atoms with Crippen LogP contribution >= 0.6 is 27.5 Å². The maximum atomic E-state index is 10.3. The first-order chi connectivity index (χ1) is 8.09. The van der Waals surface area contributed by atoms with E-state index < -0.39 is 6.10 Å². The van der Waals surface area contributed by atoms with Crippen LogP contribution in [0.3, 0.4) is 0 Å². The molecule has 0 heterocycles. The second kappa shape index (κ2) is 5.21. The second-order valence-electron chi connectivity index (χ2n) is 3.93. The molecular formula is C14H12BrClO. The van der Waals surface area contributed by atoms with E-state index in [9.17, 15) is 5.11 Å². The minimum absolute atomic E-state index is 0.663. The minimum Gasteiger partial charge on any atom is -0.384 e. The topological polar surface area (TPSA) is 20.2 Å². The highest BCUT2D eigenvalue weighted by Gasteiger charge is 2.13. The Labute approximate surface area is 114 Å². The van der Waals surface area contributed by atoms with Crippen molar-refractivity contribution in [2.24, 2.45) is 0 Å². The molecule has 0 aromatic heterocycles. The number of rotatable bonds is 2. The monoisotopic (exact) mass is 310 g/mol. The number of hydrogen-bond acceptors (Lipinski definition) is 1. The number of benzene rings is 2. The van der Waals surface area contributed by atoms with E-state index in [4.69, 9.17) is 11.6 Å². The van der Waals surface area contributed by atoms with Crippen LogP contribution in [0, 0.1) is 6.92 Å². The Bertz CT molecular complexity index is 539. The van der Waals surface area contributed by atoms with Crippen LogP contribution in [0.2, 0.25) is 5.02 Å². The Morgan fingerprint density at radius 2 is 1.88 bits per heavy atom. The maximum Gasteiger partial charge on any atom is 0.105 e. The lowest BCUT2D eigenvalue weighted by atomic mass is 10.0. The molecule has 0 aliphatic rings. The van der Waals surface area contributed by atoms with Gasteiger partial charge in [0.05, 0.1) is 0 Å². The molecule has 3 heteroatoms. The summed E-state index contributed by atoms with van der Waals surface area (Å²) in [4.78, 5) is 0. The van der Waals surface area contributed by atoms with E-state index in [0.717, 1.165) is 21.2 Å². The van der Waals surface area contributed by atoms with E-state index in [1.807, 2.05) is 43.3 Å². The van der Waals surface area contributed by atoms with Gasteiger partial charge in [-0.2, -0.15) is 0 Å². The van der Waals surface area contributed by atoms with E-state index in [0.29, 0.717) is 5.02 Å². The van der Waals surface area contributed by atoms with Crippen molar-refractivity contribution in [1.29, 1.82) is 0 Å². The smallest absolute Gasteiger partial charge is 0.105 e. The lowest BCUT2D eigenvalue weighted by Gasteiger charge is -2.14. The van der Waals surface area contributed by atoms with Crippen LogP contribution < -0.4 is 0 Å². The van der Waals surface area contributed by atoms with Gasteiger partial charge >= 0.3 is 0 Å². The van der Waals surface area contributed by atoms with Gasteiger partial charge in [-0.15, -0.1) is 0 Å². The molecule has 1 unspecified atom stereocenters. The largest absolute Gasteiger partial charge is 0.384 e. The van der Waals surface area contributed by atoms with Gasteiger partial charge in [-0.05, 0) is 35.7 Å². The maximum absolute atomic E-state index is 10.3. The Balaban J connectivity index is 2.40. The molecule has 0 bridgehead atoms. The van der Waals surface area contributed by atoms with Gasteiger partial charge in [0.2, 0.25) is 0 Å². The Morgan fingerprint density at radius 1 is 1.18 bits per heavy atom. The number of aliphatic hydroxyl groups is 1. The van der Waals surface area contributed by atoms with Gasteiger partial charge in [-0.3, -0.25) is 0 Å². The van der Waals surface area contributed by atoms with Crippen molar-refractivity contribution in [1.82, 2.24) is 0 Å². The van der Waals surface area contributed by atoms with Crippen molar-refractivity contribution in [3.63, 3.8) is 0 Å². The van der Waals surface area contributed by atoms with Crippen molar-refractivity contribution in [3.05, 3.63) is 68.7 Å². The summed E-state index contributed by atoms with van der Waals surface area (Å²) in [5.74, 6) is 0. The lowest BCUT2D eigenvalue weighted by molar-refractivity contribution is 0.219. The Kier molecular flexibility index (Phi) is 3.87. The summed E-state index contributed by atoms with van der Waals surface area (Å²) >= 11 is 9.50. The van der Waals surface area contributed by atoms with E-state index in [2.05, 4.69) is 15.9 Å². The first kappa shape index (κ1) is 12.6. The first-order valence-corrected chi connectivity index (χ1v) is 6.45. The summed E-state index contributed by atoms with van der Waals surface area (Å²) in [6.45, 7) is 1.94. The number of aliphatic hydroxyl groups excluding tert-OH is 1. The van der Waals surface area contributed by atoms with Crippen LogP contribution in [0.25, 0.3) is 0 Å². The molecule has 1 N–H and O–H groups in total. The van der Waals surface area contributed by atoms with Crippen LogP contribution in [0.15, 0.2) is 46.9 Å². The molecule has 0 aliphatic carbocycles. The normalized spacial score (nSPS) is 12.5. The van der Waals surface area contributed by atoms with Crippen molar-refractivity contribution < 1.29 is 5.11 Å². The average molecular weight is 312 g/mol. The molecule has 1 atom stereocenters. The molecule has 0 aliphatic heterocycles. The molecule has 0 spiro atoms. The third-order valence-corrected chi connectivity index (χ3v) is 3.84. The fourth-order valence-corrected chi connectivity index (χ4v) is 2.35. The molecule has 0 saturated carbocycles. The summed E-state index contributed by atoms with van der Waals surface area (Å²) in [6, 6.07) is 13.2. The Hall–Kier alpha value is -0.830. The summed E-state index contributed by atoms with van der Waals surface area (Å²) in [6.07, 6.45) is -0.663. The molecule has 2 aromatic rings. The second-order valence-corrected chi connectivity index (χ2v) is 5.19. The summed E-state index contributed by atoms with van der Waals surface area (Å²) in [5, 5.41) is 11.0. The van der Waals surface area contributed by atoms with Gasteiger partial charge in [-0.25, -0.2) is 0 Å². The zero-order valence-electron chi connectivity index (χ0n) is 9.32. The molecule has 0 radical (unpaired) electrons. The van der Waals surface area contributed by atoms with Gasteiger partial charge in [0.15, 0.2) is 0 Å². The summed E-state index contributed by atoms with van der Waals surface area (Å²) in [7, 11) is 0. The fraction of sp³-hybridized carbons (Fsp3) is 0.143. The molecular weight excluding hydrogens is 300 g/mol. The molecule has 2 rings (SSSR count). The molecule has 0 amide bonds. The van der Waals surface area contributed by atoms with E-state index in [1.54, 1.807) is 6.07 Å². The molecule has 0 saturated heterocycles. The van der Waals surface area contributed by atoms with Gasteiger partial charge < -0.3 is 5.11 Å². The van der Waals surface area contributed by atoms with Crippen molar-refractivity contribution in [2.75, 3.05) is 0 Å². The van der Waals surface area contributed by atoms with Crippen molar-refractivity contribution in [3.8, 4) is 0 Å². The standard InChI is InChI=1S/C14H12BrClO/c1-9-6-7-10(8-13(9)16)14(17)11-4-2-3-5-12(11)15/h2-8,14,17H,1H3. The predicted molar refractivity (Wildman–Crippen MR) is 74.4 cm³/mol. The molecule has 17 heavy (non-hydrogen) atoms. The molecule has 2 aromatic carbocycles. The minimum atomic E-state index is -0.663.